The second-order valence-corrected chi connectivity index (χ2v) is 8.82. The van der Waals surface area contributed by atoms with Gasteiger partial charge in [0, 0.05) is 26.5 Å². The monoisotopic (exact) mass is 359 g/mol. The van der Waals surface area contributed by atoms with Gasteiger partial charge in [-0.25, -0.2) is 13.1 Å². The van der Waals surface area contributed by atoms with E-state index in [0.29, 0.717) is 23.7 Å². The van der Waals surface area contributed by atoms with Gasteiger partial charge in [0.05, 0.1) is 10.5 Å². The zero-order chi connectivity index (χ0) is 18.1. The Morgan fingerprint density at radius 3 is 2.08 bits per heavy atom. The molecule has 0 fully saturated rings. The molecule has 5 heteroatoms. The molecule has 0 saturated heterocycles. The van der Waals surface area contributed by atoms with E-state index in [1.807, 2.05) is 24.3 Å². The smallest absolute Gasteiger partial charge is 0.240 e. The average molecular weight is 359 g/mol. The lowest BCUT2D eigenvalue weighted by Crippen LogP contribution is -2.45. The van der Waals surface area contributed by atoms with Crippen molar-refractivity contribution in [3.63, 3.8) is 0 Å². The van der Waals surface area contributed by atoms with Gasteiger partial charge in [0.2, 0.25) is 10.0 Å². The van der Waals surface area contributed by atoms with Crippen LogP contribution in [0.3, 0.4) is 0 Å². The van der Waals surface area contributed by atoms with Crippen LogP contribution in [0.15, 0.2) is 53.4 Å². The van der Waals surface area contributed by atoms with Gasteiger partial charge in [0.1, 0.15) is 0 Å². The molecular formula is C20H25NO3S. The van der Waals surface area contributed by atoms with Crippen molar-refractivity contribution in [1.82, 2.24) is 4.72 Å². The molecule has 0 heterocycles. The van der Waals surface area contributed by atoms with Crippen LogP contribution in [0.25, 0.3) is 0 Å². The standard InChI is InChI=1S/C20H25NO3S/c1-15(2)16-8-10-19(11-9-16)25(22,23)21-14-20(24-3)12-17-6-4-5-7-18(17)13-20/h4-11,15,21H,12-14H2,1-3H3. The molecule has 1 N–H and O–H groups in total. The minimum absolute atomic E-state index is 0.256. The van der Waals surface area contributed by atoms with Crippen molar-refractivity contribution in [2.75, 3.05) is 13.7 Å². The van der Waals surface area contributed by atoms with Gasteiger partial charge < -0.3 is 4.74 Å². The van der Waals surface area contributed by atoms with Crippen LogP contribution in [0.2, 0.25) is 0 Å². The van der Waals surface area contributed by atoms with E-state index in [4.69, 9.17) is 4.74 Å². The molecule has 3 rings (SSSR count). The van der Waals surface area contributed by atoms with Crippen LogP contribution >= 0.6 is 0 Å². The fraction of sp³-hybridized carbons (Fsp3) is 0.400. The molecule has 0 aromatic heterocycles. The van der Waals surface area contributed by atoms with Gasteiger partial charge in [0.15, 0.2) is 0 Å². The van der Waals surface area contributed by atoms with Gasteiger partial charge in [0.25, 0.3) is 0 Å². The van der Waals surface area contributed by atoms with Crippen molar-refractivity contribution in [2.45, 2.75) is 43.1 Å². The SMILES string of the molecule is COC1(CNS(=O)(=O)c2ccc(C(C)C)cc2)Cc2ccccc2C1. The number of ether oxygens (including phenoxy) is 1. The van der Waals surface area contributed by atoms with Crippen molar-refractivity contribution in [1.29, 1.82) is 0 Å². The van der Waals surface area contributed by atoms with Crippen LogP contribution in [-0.4, -0.2) is 27.7 Å². The Morgan fingerprint density at radius 2 is 1.60 bits per heavy atom. The molecule has 4 nitrogen and oxygen atoms in total. The first-order valence-corrected chi connectivity index (χ1v) is 10.1. The Morgan fingerprint density at radius 1 is 1.04 bits per heavy atom. The summed E-state index contributed by atoms with van der Waals surface area (Å²) in [7, 11) is -1.91. The lowest BCUT2D eigenvalue weighted by molar-refractivity contribution is 0.00378. The Balaban J connectivity index is 1.73. The van der Waals surface area contributed by atoms with E-state index in [-0.39, 0.29) is 6.54 Å². The molecule has 134 valence electrons. The van der Waals surface area contributed by atoms with Crippen molar-refractivity contribution in [2.24, 2.45) is 0 Å². The highest BCUT2D eigenvalue weighted by Crippen LogP contribution is 2.32. The summed E-state index contributed by atoms with van der Waals surface area (Å²) in [5.74, 6) is 0.374. The van der Waals surface area contributed by atoms with E-state index < -0.39 is 15.6 Å². The summed E-state index contributed by atoms with van der Waals surface area (Å²) in [5, 5.41) is 0. The molecule has 0 atom stereocenters. The van der Waals surface area contributed by atoms with Crippen LogP contribution < -0.4 is 4.72 Å². The van der Waals surface area contributed by atoms with E-state index in [9.17, 15) is 8.42 Å². The number of hydrogen-bond acceptors (Lipinski definition) is 3. The normalized spacial score (nSPS) is 16.2. The number of fused-ring (bicyclic) bond motifs is 1. The molecule has 0 saturated carbocycles. The van der Waals surface area contributed by atoms with Crippen molar-refractivity contribution >= 4 is 10.0 Å². The predicted octanol–water partition coefficient (Wildman–Crippen LogP) is 3.27. The first-order chi connectivity index (χ1) is 11.9. The third kappa shape index (κ3) is 3.78. The molecule has 0 aliphatic heterocycles. The average Bonchev–Trinajstić information content (AvgIpc) is 2.99. The quantitative estimate of drug-likeness (QED) is 0.861. The van der Waals surface area contributed by atoms with E-state index in [1.54, 1.807) is 19.2 Å². The summed E-state index contributed by atoms with van der Waals surface area (Å²) in [6, 6.07) is 15.2. The highest BCUT2D eigenvalue weighted by molar-refractivity contribution is 7.89. The number of nitrogens with one attached hydrogen (secondary N) is 1. The third-order valence-corrected chi connectivity index (χ3v) is 6.44. The molecule has 0 radical (unpaired) electrons. The summed E-state index contributed by atoms with van der Waals surface area (Å²) in [4.78, 5) is 0.290. The minimum Gasteiger partial charge on any atom is -0.376 e. The summed E-state index contributed by atoms with van der Waals surface area (Å²) >= 11 is 0. The molecule has 2 aromatic carbocycles. The van der Waals surface area contributed by atoms with Crippen LogP contribution in [0.5, 0.6) is 0 Å². The highest BCUT2D eigenvalue weighted by Gasteiger charge is 2.38. The largest absolute Gasteiger partial charge is 0.376 e. The van der Waals surface area contributed by atoms with Gasteiger partial charge in [-0.2, -0.15) is 0 Å². The zero-order valence-corrected chi connectivity index (χ0v) is 15.8. The Hall–Kier alpha value is -1.69. The number of rotatable bonds is 6. The van der Waals surface area contributed by atoms with E-state index in [0.717, 1.165) is 5.56 Å². The third-order valence-electron chi connectivity index (χ3n) is 5.02. The topological polar surface area (TPSA) is 55.4 Å². The maximum absolute atomic E-state index is 12.6. The van der Waals surface area contributed by atoms with Crippen LogP contribution in [0.1, 0.15) is 36.5 Å². The number of hydrogen-bond donors (Lipinski definition) is 1. The molecule has 0 spiro atoms. The van der Waals surface area contributed by atoms with Crippen molar-refractivity contribution < 1.29 is 13.2 Å². The molecule has 0 unspecified atom stereocenters. The summed E-state index contributed by atoms with van der Waals surface area (Å²) in [5.41, 5.74) is 3.06. The molecule has 0 bridgehead atoms. The number of sulfonamides is 1. The second-order valence-electron chi connectivity index (χ2n) is 7.06. The fourth-order valence-corrected chi connectivity index (χ4v) is 4.46. The minimum atomic E-state index is -3.56. The van der Waals surface area contributed by atoms with E-state index in [1.165, 1.54) is 11.1 Å². The fourth-order valence-electron chi connectivity index (χ4n) is 3.34. The number of benzene rings is 2. The lowest BCUT2D eigenvalue weighted by atomic mass is 10.0. The molecular weight excluding hydrogens is 334 g/mol. The van der Waals surface area contributed by atoms with E-state index in [2.05, 4.69) is 30.7 Å². The first kappa shape index (κ1) is 18.1. The van der Waals surface area contributed by atoms with Gasteiger partial charge in [-0.15, -0.1) is 0 Å². The first-order valence-electron chi connectivity index (χ1n) is 8.57. The molecule has 25 heavy (non-hydrogen) atoms. The predicted molar refractivity (Wildman–Crippen MR) is 99.3 cm³/mol. The lowest BCUT2D eigenvalue weighted by Gasteiger charge is -2.27. The molecule has 1 aliphatic carbocycles. The zero-order valence-electron chi connectivity index (χ0n) is 15.0. The van der Waals surface area contributed by atoms with Gasteiger partial charge in [-0.1, -0.05) is 50.2 Å². The van der Waals surface area contributed by atoms with Crippen LogP contribution in [0.4, 0.5) is 0 Å². The highest BCUT2D eigenvalue weighted by atomic mass is 32.2. The summed E-state index contributed by atoms with van der Waals surface area (Å²) in [6.45, 7) is 4.43. The van der Waals surface area contributed by atoms with E-state index >= 15 is 0 Å². The Bertz CT molecular complexity index is 816. The van der Waals surface area contributed by atoms with Crippen molar-refractivity contribution in [3.8, 4) is 0 Å². The molecule has 2 aromatic rings. The van der Waals surface area contributed by atoms with Gasteiger partial charge in [-0.3, -0.25) is 0 Å². The Kier molecular flexibility index (Phi) is 5.00. The van der Waals surface area contributed by atoms with Crippen LogP contribution in [-0.2, 0) is 27.6 Å². The van der Waals surface area contributed by atoms with Gasteiger partial charge >= 0.3 is 0 Å². The second kappa shape index (κ2) is 6.90. The summed E-state index contributed by atoms with van der Waals surface area (Å²) < 4.78 is 33.7. The maximum atomic E-state index is 12.6. The van der Waals surface area contributed by atoms with Gasteiger partial charge in [-0.05, 0) is 34.7 Å². The summed E-state index contributed by atoms with van der Waals surface area (Å²) in [6.07, 6.45) is 1.43. The molecule has 1 aliphatic rings. The number of methoxy groups -OCH3 is 1. The maximum Gasteiger partial charge on any atom is 0.240 e. The molecule has 0 amide bonds. The van der Waals surface area contributed by atoms with Crippen molar-refractivity contribution in [3.05, 3.63) is 65.2 Å². The Labute approximate surface area is 150 Å². The van der Waals surface area contributed by atoms with Crippen LogP contribution in [0, 0.1) is 0 Å².